The average Bonchev–Trinajstić information content (AvgIpc) is 2.34. The molecule has 2 rings (SSSR count). The van der Waals surface area contributed by atoms with E-state index in [1.54, 1.807) is 12.1 Å². The molecule has 0 saturated carbocycles. The van der Waals surface area contributed by atoms with Gasteiger partial charge in [-0.1, -0.05) is 12.1 Å². The number of likely N-dealkylation sites (N-methyl/N-ethyl adjacent to an activating group) is 1. The van der Waals surface area contributed by atoms with Crippen LogP contribution in [0.3, 0.4) is 0 Å². The molecule has 0 aliphatic carbocycles. The van der Waals surface area contributed by atoms with Gasteiger partial charge in [-0.15, -0.1) is 0 Å². The summed E-state index contributed by atoms with van der Waals surface area (Å²) in [5.74, 6) is -0.213. The normalized spacial score (nSPS) is 18.5. The summed E-state index contributed by atoms with van der Waals surface area (Å²) >= 11 is 0. The van der Waals surface area contributed by atoms with Crippen molar-refractivity contribution < 1.29 is 9.50 Å². The molecule has 4 heteroatoms. The number of aliphatic hydroxyl groups excluding tert-OH is 1. The van der Waals surface area contributed by atoms with Crippen molar-refractivity contribution in [1.82, 2.24) is 9.80 Å². The van der Waals surface area contributed by atoms with Gasteiger partial charge in [0.1, 0.15) is 5.82 Å². The topological polar surface area (TPSA) is 26.7 Å². The van der Waals surface area contributed by atoms with Gasteiger partial charge < -0.3 is 10.0 Å². The lowest BCUT2D eigenvalue weighted by Crippen LogP contribution is -2.44. The third-order valence-corrected chi connectivity index (χ3v) is 3.29. The van der Waals surface area contributed by atoms with Crippen molar-refractivity contribution in [2.24, 2.45) is 0 Å². The molecule has 1 aliphatic heterocycles. The Kier molecular flexibility index (Phi) is 4.10. The van der Waals surface area contributed by atoms with Crippen molar-refractivity contribution >= 4 is 0 Å². The van der Waals surface area contributed by atoms with Gasteiger partial charge in [0.25, 0.3) is 0 Å². The Balaban J connectivity index is 1.99. The fraction of sp³-hybridized carbons (Fsp3) is 0.538. The van der Waals surface area contributed by atoms with Gasteiger partial charge >= 0.3 is 0 Å². The summed E-state index contributed by atoms with van der Waals surface area (Å²) in [5.41, 5.74) is 1.34. The largest absolute Gasteiger partial charge is 0.392 e. The molecule has 0 unspecified atom stereocenters. The average molecular weight is 238 g/mol. The first-order valence-corrected chi connectivity index (χ1v) is 5.98. The van der Waals surface area contributed by atoms with Crippen LogP contribution in [0.25, 0.3) is 0 Å². The summed E-state index contributed by atoms with van der Waals surface area (Å²) < 4.78 is 13.7. The molecule has 1 aromatic carbocycles. The van der Waals surface area contributed by atoms with Crippen molar-refractivity contribution in [3.05, 3.63) is 35.1 Å². The number of aliphatic hydroxyl groups is 1. The zero-order valence-electron chi connectivity index (χ0n) is 10.2. The van der Waals surface area contributed by atoms with Crippen LogP contribution in [-0.4, -0.2) is 48.1 Å². The first-order chi connectivity index (χ1) is 8.19. The summed E-state index contributed by atoms with van der Waals surface area (Å²) in [6.07, 6.45) is 0. The molecule has 0 bridgehead atoms. The minimum atomic E-state index is -0.213. The van der Waals surface area contributed by atoms with Gasteiger partial charge in [0, 0.05) is 38.3 Å². The zero-order valence-corrected chi connectivity index (χ0v) is 10.2. The lowest BCUT2D eigenvalue weighted by Gasteiger charge is -2.32. The molecule has 0 atom stereocenters. The fourth-order valence-corrected chi connectivity index (χ4v) is 2.06. The van der Waals surface area contributed by atoms with Crippen LogP contribution in [0.4, 0.5) is 4.39 Å². The SMILES string of the molecule is CN1CCN(Cc2ccc(CO)cc2F)CC1. The lowest BCUT2D eigenvalue weighted by molar-refractivity contribution is 0.147. The first kappa shape index (κ1) is 12.5. The molecule has 0 radical (unpaired) electrons. The summed E-state index contributed by atoms with van der Waals surface area (Å²) in [6, 6.07) is 4.99. The molecule has 94 valence electrons. The first-order valence-electron chi connectivity index (χ1n) is 5.98. The number of hydrogen-bond donors (Lipinski definition) is 1. The Morgan fingerprint density at radius 2 is 1.94 bits per heavy atom. The molecule has 1 heterocycles. The number of halogens is 1. The molecule has 0 amide bonds. The molecule has 1 fully saturated rings. The predicted octanol–water partition coefficient (Wildman–Crippen LogP) is 1.07. The number of hydrogen-bond acceptors (Lipinski definition) is 3. The highest BCUT2D eigenvalue weighted by molar-refractivity contribution is 5.24. The molecule has 1 saturated heterocycles. The predicted molar refractivity (Wildman–Crippen MR) is 65.1 cm³/mol. The van der Waals surface area contributed by atoms with Crippen molar-refractivity contribution in [3.63, 3.8) is 0 Å². The molecule has 0 spiro atoms. The van der Waals surface area contributed by atoms with Gasteiger partial charge in [0.05, 0.1) is 6.61 Å². The molecule has 1 aliphatic rings. The molecule has 1 aromatic rings. The van der Waals surface area contributed by atoms with E-state index in [4.69, 9.17) is 5.11 Å². The fourth-order valence-electron chi connectivity index (χ4n) is 2.06. The molecule has 3 nitrogen and oxygen atoms in total. The van der Waals surface area contributed by atoms with Crippen LogP contribution >= 0.6 is 0 Å². The summed E-state index contributed by atoms with van der Waals surface area (Å²) in [6.45, 7) is 4.60. The molecule has 0 aromatic heterocycles. The maximum absolute atomic E-state index is 13.7. The van der Waals surface area contributed by atoms with Crippen LogP contribution < -0.4 is 0 Å². The van der Waals surface area contributed by atoms with Gasteiger partial charge in [-0.05, 0) is 18.7 Å². The highest BCUT2D eigenvalue weighted by atomic mass is 19.1. The lowest BCUT2D eigenvalue weighted by atomic mass is 10.1. The maximum atomic E-state index is 13.7. The van der Waals surface area contributed by atoms with Gasteiger partial charge in [-0.2, -0.15) is 0 Å². The summed E-state index contributed by atoms with van der Waals surface area (Å²) in [7, 11) is 2.11. The van der Waals surface area contributed by atoms with E-state index in [0.29, 0.717) is 17.7 Å². The Hall–Kier alpha value is -0.970. The second kappa shape index (κ2) is 5.58. The van der Waals surface area contributed by atoms with E-state index in [1.807, 2.05) is 0 Å². The smallest absolute Gasteiger partial charge is 0.128 e. The van der Waals surface area contributed by atoms with E-state index in [9.17, 15) is 4.39 Å². The molecular formula is C13H19FN2O. The van der Waals surface area contributed by atoms with E-state index >= 15 is 0 Å². The van der Waals surface area contributed by atoms with Crippen LogP contribution in [0.2, 0.25) is 0 Å². The molecular weight excluding hydrogens is 219 g/mol. The van der Waals surface area contributed by atoms with Crippen molar-refractivity contribution in [3.8, 4) is 0 Å². The second-order valence-corrected chi connectivity index (χ2v) is 4.66. The second-order valence-electron chi connectivity index (χ2n) is 4.66. The third-order valence-electron chi connectivity index (χ3n) is 3.29. The Bertz CT molecular complexity index is 376. The van der Waals surface area contributed by atoms with Gasteiger partial charge in [0.2, 0.25) is 0 Å². The van der Waals surface area contributed by atoms with Gasteiger partial charge in [-0.3, -0.25) is 4.90 Å². The third kappa shape index (κ3) is 3.25. The summed E-state index contributed by atoms with van der Waals surface area (Å²) in [5, 5.41) is 8.92. The molecule has 17 heavy (non-hydrogen) atoms. The van der Waals surface area contributed by atoms with E-state index in [1.165, 1.54) is 6.07 Å². The van der Waals surface area contributed by atoms with Gasteiger partial charge in [0.15, 0.2) is 0 Å². The highest BCUT2D eigenvalue weighted by Crippen LogP contribution is 2.14. The van der Waals surface area contributed by atoms with E-state index in [-0.39, 0.29) is 12.4 Å². The maximum Gasteiger partial charge on any atom is 0.128 e. The zero-order chi connectivity index (χ0) is 12.3. The van der Waals surface area contributed by atoms with Crippen molar-refractivity contribution in [2.45, 2.75) is 13.2 Å². The standard InChI is InChI=1S/C13H19FN2O/c1-15-4-6-16(7-5-15)9-12-3-2-11(10-17)8-13(12)14/h2-3,8,17H,4-7,9-10H2,1H3. The summed E-state index contributed by atoms with van der Waals surface area (Å²) in [4.78, 5) is 4.54. The van der Waals surface area contributed by atoms with Crippen LogP contribution in [0.5, 0.6) is 0 Å². The minimum Gasteiger partial charge on any atom is -0.392 e. The van der Waals surface area contributed by atoms with Crippen LogP contribution in [-0.2, 0) is 13.2 Å². The quantitative estimate of drug-likeness (QED) is 0.853. The van der Waals surface area contributed by atoms with Crippen molar-refractivity contribution in [1.29, 1.82) is 0 Å². The number of benzene rings is 1. The molecule has 1 N–H and O–H groups in total. The van der Waals surface area contributed by atoms with E-state index in [2.05, 4.69) is 16.8 Å². The van der Waals surface area contributed by atoms with Gasteiger partial charge in [-0.25, -0.2) is 4.39 Å². The van der Waals surface area contributed by atoms with Crippen molar-refractivity contribution in [2.75, 3.05) is 33.2 Å². The number of nitrogens with zero attached hydrogens (tertiary/aromatic N) is 2. The number of rotatable bonds is 3. The Labute approximate surface area is 101 Å². The van der Waals surface area contributed by atoms with E-state index in [0.717, 1.165) is 26.2 Å². The minimum absolute atomic E-state index is 0.105. The Morgan fingerprint density at radius 3 is 2.53 bits per heavy atom. The monoisotopic (exact) mass is 238 g/mol. The van der Waals surface area contributed by atoms with Crippen LogP contribution in [0.1, 0.15) is 11.1 Å². The highest BCUT2D eigenvalue weighted by Gasteiger charge is 2.15. The van der Waals surface area contributed by atoms with E-state index < -0.39 is 0 Å². The number of piperazine rings is 1. The van der Waals surface area contributed by atoms with Crippen LogP contribution in [0.15, 0.2) is 18.2 Å². The van der Waals surface area contributed by atoms with Crippen LogP contribution in [0, 0.1) is 5.82 Å². The Morgan fingerprint density at radius 1 is 1.24 bits per heavy atom.